The lowest BCUT2D eigenvalue weighted by Crippen LogP contribution is -2.35. The van der Waals surface area contributed by atoms with Crippen LogP contribution in [0.5, 0.6) is 0 Å². The first kappa shape index (κ1) is 31.5. The van der Waals surface area contributed by atoms with Gasteiger partial charge in [0, 0.05) is 48.4 Å². The molecular formula is C37H43FN6O2. The number of anilines is 2. The van der Waals surface area contributed by atoms with Crippen LogP contribution in [0.4, 0.5) is 15.8 Å². The van der Waals surface area contributed by atoms with Gasteiger partial charge >= 0.3 is 0 Å². The zero-order valence-electron chi connectivity index (χ0n) is 27.3. The van der Waals surface area contributed by atoms with Crippen LogP contribution in [-0.2, 0) is 18.5 Å². The third-order valence-corrected chi connectivity index (χ3v) is 8.65. The summed E-state index contributed by atoms with van der Waals surface area (Å²) in [5.74, 6) is -0.116. The Bertz CT molecular complexity index is 1820. The molecule has 1 aliphatic rings. The summed E-state index contributed by atoms with van der Waals surface area (Å²) in [6, 6.07) is 20.6. The van der Waals surface area contributed by atoms with Crippen LogP contribution < -0.4 is 10.2 Å². The molecule has 240 valence electrons. The molecule has 46 heavy (non-hydrogen) atoms. The Morgan fingerprint density at radius 3 is 2.28 bits per heavy atom. The maximum Gasteiger partial charge on any atom is 0.259 e. The summed E-state index contributed by atoms with van der Waals surface area (Å²) >= 11 is 0. The Balaban J connectivity index is 1.14. The zero-order chi connectivity index (χ0) is 32.6. The van der Waals surface area contributed by atoms with Gasteiger partial charge in [-0.2, -0.15) is 10.2 Å². The Morgan fingerprint density at radius 2 is 1.63 bits per heavy atom. The summed E-state index contributed by atoms with van der Waals surface area (Å²) in [6.45, 7) is 12.5. The third kappa shape index (κ3) is 6.99. The van der Waals surface area contributed by atoms with E-state index in [1.165, 1.54) is 17.8 Å². The lowest BCUT2D eigenvalue weighted by atomic mass is 9.95. The van der Waals surface area contributed by atoms with Crippen molar-refractivity contribution in [2.45, 2.75) is 71.6 Å². The third-order valence-electron chi connectivity index (χ3n) is 8.65. The number of rotatable bonds is 8. The summed E-state index contributed by atoms with van der Waals surface area (Å²) in [6.07, 6.45) is 6.22. The SMILES string of the molecule is CC(C)(O)Cc1ccc(N2CCC(Cn3ncc4ccc(NC(=O)c5cnn(C(C)(C)C)c5-c5ccc(F)cc5)cc43)CC2)cc1. The number of hydrogen-bond acceptors (Lipinski definition) is 5. The first-order valence-electron chi connectivity index (χ1n) is 16.0. The van der Waals surface area contributed by atoms with Gasteiger partial charge in [0.05, 0.1) is 40.3 Å². The van der Waals surface area contributed by atoms with Gasteiger partial charge < -0.3 is 15.3 Å². The molecule has 0 bridgehead atoms. The van der Waals surface area contributed by atoms with Crippen molar-refractivity contribution >= 4 is 28.2 Å². The number of hydrogen-bond donors (Lipinski definition) is 2. The maximum absolute atomic E-state index is 13.7. The number of aliphatic hydroxyl groups is 1. The molecular weight excluding hydrogens is 579 g/mol. The van der Waals surface area contributed by atoms with E-state index in [1.54, 1.807) is 18.3 Å². The van der Waals surface area contributed by atoms with E-state index in [2.05, 4.69) is 44.3 Å². The summed E-state index contributed by atoms with van der Waals surface area (Å²) in [5, 5.41) is 23.5. The molecule has 0 aliphatic carbocycles. The lowest BCUT2D eigenvalue weighted by Gasteiger charge is -2.34. The molecule has 2 aromatic heterocycles. The standard InChI is InChI=1S/C37H43FN6O2/c1-36(2,3)44-34(27-8-11-29(38)12-9-27)32(23-40-44)35(45)41-30-13-10-28-22-39-43(33(28)20-30)24-26-16-18-42(19-17-26)31-14-6-25(7-15-31)21-37(4,5)46/h6-15,20,22-23,26,46H,16-19,21,24H2,1-5H3,(H,41,45). The van der Waals surface area contributed by atoms with Crippen molar-refractivity contribution in [2.75, 3.05) is 23.3 Å². The quantitative estimate of drug-likeness (QED) is 0.190. The highest BCUT2D eigenvalue weighted by molar-refractivity contribution is 6.08. The normalized spacial score (nSPS) is 14.6. The number of halogens is 1. The fraction of sp³-hybridized carbons (Fsp3) is 0.378. The largest absolute Gasteiger partial charge is 0.390 e. The number of amides is 1. The van der Waals surface area contributed by atoms with Gasteiger partial charge in [-0.05, 0) is 114 Å². The average molecular weight is 623 g/mol. The molecule has 6 rings (SSSR count). The minimum Gasteiger partial charge on any atom is -0.390 e. The van der Waals surface area contributed by atoms with Crippen molar-refractivity contribution < 1.29 is 14.3 Å². The Labute approximate surface area is 269 Å². The van der Waals surface area contributed by atoms with Crippen LogP contribution in [0, 0.1) is 11.7 Å². The predicted molar refractivity (Wildman–Crippen MR) is 182 cm³/mol. The monoisotopic (exact) mass is 622 g/mol. The summed E-state index contributed by atoms with van der Waals surface area (Å²) in [7, 11) is 0. The van der Waals surface area contributed by atoms with Gasteiger partial charge in [-0.15, -0.1) is 0 Å². The second-order valence-electron chi connectivity index (χ2n) is 14.1. The van der Waals surface area contributed by atoms with Crippen LogP contribution in [0.1, 0.15) is 63.4 Å². The van der Waals surface area contributed by atoms with Gasteiger partial charge in [-0.3, -0.25) is 14.2 Å². The highest BCUT2D eigenvalue weighted by Crippen LogP contribution is 2.31. The van der Waals surface area contributed by atoms with Crippen LogP contribution >= 0.6 is 0 Å². The predicted octanol–water partition coefficient (Wildman–Crippen LogP) is 7.28. The fourth-order valence-electron chi connectivity index (χ4n) is 6.34. The molecule has 3 heterocycles. The van der Waals surface area contributed by atoms with Crippen molar-refractivity contribution in [3.05, 3.63) is 96.1 Å². The molecule has 0 radical (unpaired) electrons. The van der Waals surface area contributed by atoms with Gasteiger partial charge in [0.2, 0.25) is 0 Å². The van der Waals surface area contributed by atoms with Gasteiger partial charge in [0.1, 0.15) is 5.82 Å². The van der Waals surface area contributed by atoms with E-state index in [1.807, 2.05) is 63.7 Å². The van der Waals surface area contributed by atoms with E-state index >= 15 is 0 Å². The summed E-state index contributed by atoms with van der Waals surface area (Å²) in [4.78, 5) is 16.1. The molecule has 0 saturated carbocycles. The molecule has 0 spiro atoms. The lowest BCUT2D eigenvalue weighted by molar-refractivity contribution is 0.0810. The number of piperidine rings is 1. The second-order valence-corrected chi connectivity index (χ2v) is 14.1. The highest BCUT2D eigenvalue weighted by Gasteiger charge is 2.26. The van der Waals surface area contributed by atoms with Crippen LogP contribution in [-0.4, -0.2) is 49.3 Å². The smallest absolute Gasteiger partial charge is 0.259 e. The molecule has 1 amide bonds. The van der Waals surface area contributed by atoms with Crippen LogP contribution in [0.3, 0.4) is 0 Å². The number of carbonyl (C=O) groups is 1. The second kappa shape index (κ2) is 12.4. The molecule has 0 unspecified atom stereocenters. The molecule has 2 N–H and O–H groups in total. The van der Waals surface area contributed by atoms with Crippen molar-refractivity contribution in [1.29, 1.82) is 0 Å². The average Bonchev–Trinajstić information content (AvgIpc) is 3.63. The summed E-state index contributed by atoms with van der Waals surface area (Å²) in [5.41, 5.74) is 4.71. The number of nitrogens with zero attached hydrogens (tertiary/aromatic N) is 5. The maximum atomic E-state index is 13.7. The molecule has 0 atom stereocenters. The van der Waals surface area contributed by atoms with Crippen molar-refractivity contribution in [1.82, 2.24) is 19.6 Å². The number of fused-ring (bicyclic) bond motifs is 1. The van der Waals surface area contributed by atoms with Crippen LogP contribution in [0.2, 0.25) is 0 Å². The van der Waals surface area contributed by atoms with Gasteiger partial charge in [0.25, 0.3) is 5.91 Å². The van der Waals surface area contributed by atoms with Gasteiger partial charge in [-0.25, -0.2) is 4.39 Å². The molecule has 3 aromatic carbocycles. The Morgan fingerprint density at radius 1 is 0.935 bits per heavy atom. The van der Waals surface area contributed by atoms with E-state index in [-0.39, 0.29) is 17.3 Å². The molecule has 8 nitrogen and oxygen atoms in total. The van der Waals surface area contributed by atoms with E-state index in [9.17, 15) is 14.3 Å². The highest BCUT2D eigenvalue weighted by atomic mass is 19.1. The topological polar surface area (TPSA) is 88.2 Å². The molecule has 1 aliphatic heterocycles. The molecule has 5 aromatic rings. The Kier molecular flexibility index (Phi) is 8.46. The first-order valence-corrected chi connectivity index (χ1v) is 16.0. The van der Waals surface area contributed by atoms with Gasteiger partial charge in [-0.1, -0.05) is 12.1 Å². The van der Waals surface area contributed by atoms with Crippen LogP contribution in [0.25, 0.3) is 22.2 Å². The molecule has 1 fully saturated rings. The van der Waals surface area contributed by atoms with Gasteiger partial charge in [0.15, 0.2) is 0 Å². The van der Waals surface area contributed by atoms with E-state index in [0.717, 1.165) is 54.5 Å². The molecule has 9 heteroatoms. The minimum absolute atomic E-state index is 0.277. The van der Waals surface area contributed by atoms with E-state index in [4.69, 9.17) is 5.10 Å². The zero-order valence-corrected chi connectivity index (χ0v) is 27.3. The van der Waals surface area contributed by atoms with Crippen molar-refractivity contribution in [3.8, 4) is 11.3 Å². The first-order chi connectivity index (χ1) is 21.8. The molecule has 1 saturated heterocycles. The van der Waals surface area contributed by atoms with E-state index < -0.39 is 5.60 Å². The van der Waals surface area contributed by atoms with Crippen LogP contribution in [0.15, 0.2) is 79.1 Å². The fourth-order valence-corrected chi connectivity index (χ4v) is 6.34. The number of nitrogens with one attached hydrogen (secondary N) is 1. The minimum atomic E-state index is -0.714. The Hall–Kier alpha value is -4.50. The van der Waals surface area contributed by atoms with Crippen molar-refractivity contribution in [3.63, 3.8) is 0 Å². The van der Waals surface area contributed by atoms with E-state index in [0.29, 0.717) is 29.3 Å². The number of benzene rings is 3. The number of carbonyl (C=O) groups excluding carboxylic acids is 1. The summed E-state index contributed by atoms with van der Waals surface area (Å²) < 4.78 is 17.6. The number of aromatic nitrogens is 4. The van der Waals surface area contributed by atoms with Crippen molar-refractivity contribution in [2.24, 2.45) is 5.92 Å².